The lowest BCUT2D eigenvalue weighted by molar-refractivity contribution is 0.179. The molecule has 0 aliphatic rings. The first kappa shape index (κ1) is 10.1. The van der Waals surface area contributed by atoms with Crippen LogP contribution in [-0.2, 0) is 11.2 Å². The summed E-state index contributed by atoms with van der Waals surface area (Å²) in [7, 11) is 1.64. The molecular weight excluding hydrogens is 166 g/mol. The number of nitrogens with zero attached hydrogens (tertiary/aromatic N) is 2. The second-order valence-electron chi connectivity index (χ2n) is 3.01. The van der Waals surface area contributed by atoms with Crippen LogP contribution in [0.5, 0.6) is 0 Å². The fraction of sp³-hybridized carbons (Fsp3) is 0.556. The Morgan fingerprint density at radius 2 is 2.38 bits per heavy atom. The Morgan fingerprint density at radius 3 is 3.00 bits per heavy atom. The van der Waals surface area contributed by atoms with Crippen molar-refractivity contribution in [1.29, 1.82) is 0 Å². The van der Waals surface area contributed by atoms with Crippen LogP contribution in [0.2, 0.25) is 0 Å². The van der Waals surface area contributed by atoms with E-state index in [1.54, 1.807) is 13.3 Å². The molecule has 0 radical (unpaired) electrons. The zero-order valence-corrected chi connectivity index (χ0v) is 8.03. The third-order valence-corrected chi connectivity index (χ3v) is 1.69. The van der Waals surface area contributed by atoms with Crippen molar-refractivity contribution < 1.29 is 4.74 Å². The van der Waals surface area contributed by atoms with Gasteiger partial charge in [0.2, 0.25) is 0 Å². The van der Waals surface area contributed by atoms with Crippen molar-refractivity contribution in [2.24, 2.45) is 5.73 Å². The monoisotopic (exact) mass is 181 g/mol. The fourth-order valence-corrected chi connectivity index (χ4v) is 1.16. The van der Waals surface area contributed by atoms with Gasteiger partial charge in [-0.2, -0.15) is 0 Å². The second-order valence-corrected chi connectivity index (χ2v) is 3.01. The van der Waals surface area contributed by atoms with Gasteiger partial charge in [0.25, 0.3) is 0 Å². The number of hydrogen-bond acceptors (Lipinski definition) is 4. The molecule has 0 aromatic carbocycles. The molecule has 1 atom stereocenters. The molecule has 1 aromatic rings. The Balaban J connectivity index is 2.53. The second kappa shape index (κ2) is 4.89. The number of rotatable bonds is 4. The normalized spacial score (nSPS) is 12.8. The molecule has 0 fully saturated rings. The smallest absolute Gasteiger partial charge is 0.125 e. The number of hydrogen-bond donors (Lipinski definition) is 1. The van der Waals surface area contributed by atoms with Gasteiger partial charge in [-0.25, -0.2) is 9.97 Å². The molecule has 1 rings (SSSR count). The summed E-state index contributed by atoms with van der Waals surface area (Å²) in [5.74, 6) is 0.780. The maximum Gasteiger partial charge on any atom is 0.125 e. The first-order chi connectivity index (χ1) is 6.22. The number of aromatic nitrogens is 2. The highest BCUT2D eigenvalue weighted by atomic mass is 16.5. The van der Waals surface area contributed by atoms with E-state index in [1.165, 1.54) is 0 Å². The summed E-state index contributed by atoms with van der Waals surface area (Å²) in [6.07, 6.45) is 2.48. The van der Waals surface area contributed by atoms with E-state index >= 15 is 0 Å². The van der Waals surface area contributed by atoms with Gasteiger partial charge < -0.3 is 10.5 Å². The van der Waals surface area contributed by atoms with Gasteiger partial charge in [0.15, 0.2) is 0 Å². The molecule has 0 aliphatic carbocycles. The van der Waals surface area contributed by atoms with Gasteiger partial charge in [-0.15, -0.1) is 0 Å². The summed E-state index contributed by atoms with van der Waals surface area (Å²) in [5.41, 5.74) is 6.75. The highest BCUT2D eigenvalue weighted by molar-refractivity contribution is 5.03. The predicted molar refractivity (Wildman–Crippen MR) is 50.3 cm³/mol. The largest absolute Gasteiger partial charge is 0.383 e. The Hall–Kier alpha value is -1.00. The van der Waals surface area contributed by atoms with Crippen LogP contribution in [0.25, 0.3) is 0 Å². The van der Waals surface area contributed by atoms with Crippen LogP contribution in [0.15, 0.2) is 12.3 Å². The average Bonchev–Trinajstić information content (AvgIpc) is 2.04. The van der Waals surface area contributed by atoms with Crippen LogP contribution in [-0.4, -0.2) is 29.7 Å². The fourth-order valence-electron chi connectivity index (χ4n) is 1.16. The number of nitrogens with two attached hydrogens (primary N) is 1. The van der Waals surface area contributed by atoms with E-state index in [4.69, 9.17) is 10.5 Å². The quantitative estimate of drug-likeness (QED) is 0.725. The van der Waals surface area contributed by atoms with Crippen molar-refractivity contribution in [3.8, 4) is 0 Å². The lowest BCUT2D eigenvalue weighted by Gasteiger charge is -2.09. The molecule has 4 heteroatoms. The van der Waals surface area contributed by atoms with Crippen molar-refractivity contribution in [2.45, 2.75) is 19.4 Å². The predicted octanol–water partition coefficient (Wildman–Crippen LogP) is 0.301. The van der Waals surface area contributed by atoms with Crippen molar-refractivity contribution in [3.63, 3.8) is 0 Å². The van der Waals surface area contributed by atoms with Crippen molar-refractivity contribution in [3.05, 3.63) is 23.8 Å². The first-order valence-electron chi connectivity index (χ1n) is 4.25. The van der Waals surface area contributed by atoms with Crippen LogP contribution >= 0.6 is 0 Å². The maximum atomic E-state index is 5.78. The van der Waals surface area contributed by atoms with E-state index in [-0.39, 0.29) is 6.04 Å². The summed E-state index contributed by atoms with van der Waals surface area (Å²) in [5, 5.41) is 0. The van der Waals surface area contributed by atoms with E-state index in [9.17, 15) is 0 Å². The van der Waals surface area contributed by atoms with Crippen LogP contribution in [0, 0.1) is 6.92 Å². The van der Waals surface area contributed by atoms with E-state index in [2.05, 4.69) is 9.97 Å². The molecule has 13 heavy (non-hydrogen) atoms. The minimum Gasteiger partial charge on any atom is -0.383 e. The lowest BCUT2D eigenvalue weighted by atomic mass is 10.2. The van der Waals surface area contributed by atoms with Gasteiger partial charge in [-0.1, -0.05) is 0 Å². The summed E-state index contributed by atoms with van der Waals surface area (Å²) < 4.78 is 4.94. The molecule has 0 saturated carbocycles. The average molecular weight is 181 g/mol. The minimum absolute atomic E-state index is 0.0132. The Labute approximate surface area is 78.1 Å². The summed E-state index contributed by atoms with van der Waals surface area (Å²) in [6, 6.07) is 1.89. The van der Waals surface area contributed by atoms with Crippen LogP contribution < -0.4 is 5.73 Å². The van der Waals surface area contributed by atoms with E-state index < -0.39 is 0 Å². The number of aryl methyl sites for hydroxylation is 1. The molecule has 4 nitrogen and oxygen atoms in total. The molecule has 0 aliphatic heterocycles. The van der Waals surface area contributed by atoms with Crippen molar-refractivity contribution in [1.82, 2.24) is 9.97 Å². The maximum absolute atomic E-state index is 5.78. The van der Waals surface area contributed by atoms with Gasteiger partial charge in [0.05, 0.1) is 6.61 Å². The molecule has 0 amide bonds. The standard InChI is InChI=1S/C9H15N3O/c1-7-11-4-3-9(12-7)5-8(10)6-13-2/h3-4,8H,5-6,10H2,1-2H3. The molecule has 0 bridgehead atoms. The molecule has 2 N–H and O–H groups in total. The van der Waals surface area contributed by atoms with Crippen LogP contribution in [0.4, 0.5) is 0 Å². The van der Waals surface area contributed by atoms with Crippen molar-refractivity contribution in [2.75, 3.05) is 13.7 Å². The Kier molecular flexibility index (Phi) is 3.79. The third kappa shape index (κ3) is 3.48. The van der Waals surface area contributed by atoms with E-state index in [0.29, 0.717) is 6.61 Å². The Bertz CT molecular complexity index is 265. The highest BCUT2D eigenvalue weighted by Crippen LogP contribution is 1.98. The molecule has 0 spiro atoms. The lowest BCUT2D eigenvalue weighted by Crippen LogP contribution is -2.28. The van der Waals surface area contributed by atoms with E-state index in [1.807, 2.05) is 13.0 Å². The van der Waals surface area contributed by atoms with Crippen LogP contribution in [0.1, 0.15) is 11.5 Å². The molecule has 1 aromatic heterocycles. The molecule has 0 saturated heterocycles. The molecule has 1 unspecified atom stereocenters. The first-order valence-corrected chi connectivity index (χ1v) is 4.25. The third-order valence-electron chi connectivity index (χ3n) is 1.69. The number of methoxy groups -OCH3 is 1. The molecular formula is C9H15N3O. The van der Waals surface area contributed by atoms with Crippen molar-refractivity contribution >= 4 is 0 Å². The van der Waals surface area contributed by atoms with Crippen LogP contribution in [0.3, 0.4) is 0 Å². The van der Waals surface area contributed by atoms with Gasteiger partial charge in [-0.3, -0.25) is 0 Å². The molecule has 1 heterocycles. The van der Waals surface area contributed by atoms with Gasteiger partial charge >= 0.3 is 0 Å². The van der Waals surface area contributed by atoms with Gasteiger partial charge in [0, 0.05) is 31.5 Å². The number of ether oxygens (including phenoxy) is 1. The zero-order valence-electron chi connectivity index (χ0n) is 8.03. The summed E-state index contributed by atoms with van der Waals surface area (Å²) >= 11 is 0. The highest BCUT2D eigenvalue weighted by Gasteiger charge is 2.04. The summed E-state index contributed by atoms with van der Waals surface area (Å²) in [4.78, 5) is 8.26. The zero-order chi connectivity index (χ0) is 9.68. The Morgan fingerprint density at radius 1 is 1.62 bits per heavy atom. The minimum atomic E-state index is 0.0132. The molecule has 72 valence electrons. The van der Waals surface area contributed by atoms with Gasteiger partial charge in [0.1, 0.15) is 5.82 Å². The van der Waals surface area contributed by atoms with E-state index in [0.717, 1.165) is 17.9 Å². The topological polar surface area (TPSA) is 61.0 Å². The summed E-state index contributed by atoms with van der Waals surface area (Å²) in [6.45, 7) is 2.42. The SMILES string of the molecule is COCC(N)Cc1ccnc(C)n1. The van der Waals surface area contributed by atoms with Gasteiger partial charge in [-0.05, 0) is 13.0 Å².